The number of piperidine rings is 1. The molecular weight excluding hydrogens is 298 g/mol. The van der Waals surface area contributed by atoms with E-state index in [0.717, 1.165) is 10.1 Å². The molecule has 2 aromatic rings. The van der Waals surface area contributed by atoms with Gasteiger partial charge in [0, 0.05) is 18.8 Å². The van der Waals surface area contributed by atoms with E-state index in [1.165, 1.54) is 0 Å². The molecule has 0 aliphatic carbocycles. The molecular formula is C12H10BrN3O2. The lowest BCUT2D eigenvalue weighted by Gasteiger charge is -2.18. The molecule has 18 heavy (non-hydrogen) atoms. The fraction of sp³-hybridized carbons (Fsp3) is 0.250. The van der Waals surface area contributed by atoms with Crippen LogP contribution in [0.15, 0.2) is 29.0 Å². The third-order valence-electron chi connectivity index (χ3n) is 3.05. The third kappa shape index (κ3) is 1.82. The fourth-order valence-electron chi connectivity index (χ4n) is 2.14. The lowest BCUT2D eigenvalue weighted by atomic mass is 9.95. The van der Waals surface area contributed by atoms with Crippen LogP contribution in [0.4, 0.5) is 0 Å². The van der Waals surface area contributed by atoms with Gasteiger partial charge in [0.1, 0.15) is 0 Å². The quantitative estimate of drug-likeness (QED) is 0.814. The number of pyridine rings is 1. The van der Waals surface area contributed by atoms with Crippen molar-refractivity contribution in [3.05, 3.63) is 34.7 Å². The summed E-state index contributed by atoms with van der Waals surface area (Å²) in [6.45, 7) is 0. The monoisotopic (exact) mass is 307 g/mol. The molecule has 1 N–H and O–H groups in total. The molecule has 2 aromatic heterocycles. The Kier molecular flexibility index (Phi) is 2.66. The molecule has 0 radical (unpaired) electrons. The van der Waals surface area contributed by atoms with Crippen LogP contribution in [0.5, 0.6) is 0 Å². The van der Waals surface area contributed by atoms with Crippen molar-refractivity contribution in [3.8, 4) is 0 Å². The first-order valence-electron chi connectivity index (χ1n) is 5.62. The molecule has 92 valence electrons. The summed E-state index contributed by atoms with van der Waals surface area (Å²) < 4.78 is 2.74. The molecule has 1 atom stereocenters. The number of hydrogen-bond acceptors (Lipinski definition) is 3. The number of nitrogens with zero attached hydrogens (tertiary/aromatic N) is 2. The van der Waals surface area contributed by atoms with Gasteiger partial charge < -0.3 is 4.40 Å². The molecule has 0 aromatic carbocycles. The number of amides is 2. The minimum atomic E-state index is -0.338. The topological polar surface area (TPSA) is 63.5 Å². The summed E-state index contributed by atoms with van der Waals surface area (Å²) >= 11 is 3.42. The molecule has 3 rings (SSSR count). The number of carbonyl (C=O) groups excluding carboxylic acids is 2. The van der Waals surface area contributed by atoms with Gasteiger partial charge in [-0.15, -0.1) is 0 Å². The van der Waals surface area contributed by atoms with Crippen molar-refractivity contribution in [3.63, 3.8) is 0 Å². The normalized spacial score (nSPS) is 20.2. The largest absolute Gasteiger partial charge is 0.306 e. The van der Waals surface area contributed by atoms with Gasteiger partial charge in [0.05, 0.1) is 16.1 Å². The van der Waals surface area contributed by atoms with Gasteiger partial charge in [-0.3, -0.25) is 14.9 Å². The predicted molar refractivity (Wildman–Crippen MR) is 68.0 cm³/mol. The standard InChI is InChI=1S/C12H10BrN3O2/c13-8-2-1-5-16-6-9(14-11(8)16)7-3-4-10(17)15-12(7)18/h1-2,5-7H,3-4H2,(H,15,17,18). The van der Waals surface area contributed by atoms with Gasteiger partial charge in [-0.25, -0.2) is 4.98 Å². The molecule has 0 spiro atoms. The number of imidazole rings is 1. The van der Waals surface area contributed by atoms with E-state index >= 15 is 0 Å². The van der Waals surface area contributed by atoms with Crippen molar-refractivity contribution in [2.75, 3.05) is 0 Å². The number of aromatic nitrogens is 2. The molecule has 6 heteroatoms. The highest BCUT2D eigenvalue weighted by Crippen LogP contribution is 2.26. The van der Waals surface area contributed by atoms with Crippen LogP contribution < -0.4 is 5.32 Å². The fourth-order valence-corrected chi connectivity index (χ4v) is 2.59. The Morgan fingerprint density at radius 3 is 3.00 bits per heavy atom. The zero-order valence-electron chi connectivity index (χ0n) is 9.39. The van der Waals surface area contributed by atoms with Crippen LogP contribution in [0.25, 0.3) is 5.65 Å². The smallest absolute Gasteiger partial charge is 0.235 e. The van der Waals surface area contributed by atoms with Gasteiger partial charge in [-0.2, -0.15) is 0 Å². The van der Waals surface area contributed by atoms with Crippen LogP contribution in [-0.4, -0.2) is 21.2 Å². The Morgan fingerprint density at radius 1 is 1.44 bits per heavy atom. The van der Waals surface area contributed by atoms with Crippen molar-refractivity contribution >= 4 is 33.4 Å². The van der Waals surface area contributed by atoms with Gasteiger partial charge >= 0.3 is 0 Å². The van der Waals surface area contributed by atoms with Crippen LogP contribution >= 0.6 is 15.9 Å². The first-order valence-corrected chi connectivity index (χ1v) is 6.41. The highest BCUT2D eigenvalue weighted by molar-refractivity contribution is 9.10. The molecule has 1 unspecified atom stereocenters. The first-order chi connectivity index (χ1) is 8.65. The number of carbonyl (C=O) groups is 2. The van der Waals surface area contributed by atoms with Crippen molar-refractivity contribution < 1.29 is 9.59 Å². The van der Waals surface area contributed by atoms with E-state index in [0.29, 0.717) is 18.5 Å². The number of fused-ring (bicyclic) bond motifs is 1. The minimum absolute atomic E-state index is 0.207. The summed E-state index contributed by atoms with van der Waals surface area (Å²) in [5.74, 6) is -0.804. The number of halogens is 1. The second-order valence-electron chi connectivity index (χ2n) is 4.26. The Labute approximate surface area is 111 Å². The molecule has 1 fully saturated rings. The van der Waals surface area contributed by atoms with Crippen LogP contribution in [-0.2, 0) is 9.59 Å². The van der Waals surface area contributed by atoms with Crippen LogP contribution in [0, 0.1) is 0 Å². The maximum atomic E-state index is 11.8. The Hall–Kier alpha value is -1.69. The van der Waals surface area contributed by atoms with Crippen molar-refractivity contribution in [2.45, 2.75) is 18.8 Å². The average molecular weight is 308 g/mol. The summed E-state index contributed by atoms with van der Waals surface area (Å²) in [4.78, 5) is 27.3. The van der Waals surface area contributed by atoms with Crippen molar-refractivity contribution in [1.29, 1.82) is 0 Å². The Bertz CT molecular complexity index is 650. The Balaban J connectivity index is 2.02. The summed E-state index contributed by atoms with van der Waals surface area (Å²) in [5.41, 5.74) is 1.48. The summed E-state index contributed by atoms with van der Waals surface area (Å²) in [6.07, 6.45) is 4.60. The van der Waals surface area contributed by atoms with E-state index in [2.05, 4.69) is 26.2 Å². The zero-order chi connectivity index (χ0) is 12.7. The van der Waals surface area contributed by atoms with Gasteiger partial charge in [0.15, 0.2) is 5.65 Å². The van der Waals surface area contributed by atoms with Crippen molar-refractivity contribution in [1.82, 2.24) is 14.7 Å². The molecule has 3 heterocycles. The van der Waals surface area contributed by atoms with Gasteiger partial charge in [0.25, 0.3) is 0 Å². The molecule has 5 nitrogen and oxygen atoms in total. The summed E-state index contributed by atoms with van der Waals surface area (Å²) in [7, 11) is 0. The lowest BCUT2D eigenvalue weighted by Crippen LogP contribution is -2.39. The summed E-state index contributed by atoms with van der Waals surface area (Å²) in [5, 5.41) is 2.35. The Morgan fingerprint density at radius 2 is 2.28 bits per heavy atom. The van der Waals surface area contributed by atoms with Crippen molar-refractivity contribution in [2.24, 2.45) is 0 Å². The van der Waals surface area contributed by atoms with E-state index in [9.17, 15) is 9.59 Å². The molecule has 0 saturated carbocycles. The predicted octanol–water partition coefficient (Wildman–Crippen LogP) is 1.62. The number of hydrogen-bond donors (Lipinski definition) is 1. The summed E-state index contributed by atoms with van der Waals surface area (Å²) in [6, 6.07) is 3.80. The van der Waals surface area contributed by atoms with Crippen LogP contribution in [0.1, 0.15) is 24.5 Å². The van der Waals surface area contributed by atoms with Gasteiger partial charge in [-0.1, -0.05) is 0 Å². The van der Waals surface area contributed by atoms with Crippen LogP contribution in [0.2, 0.25) is 0 Å². The molecule has 0 bridgehead atoms. The first kappa shape index (κ1) is 11.4. The van der Waals surface area contributed by atoms with Gasteiger partial charge in [0.2, 0.25) is 11.8 Å². The SMILES string of the molecule is O=C1CCC(c2cn3cccc(Br)c3n2)C(=O)N1. The number of rotatable bonds is 1. The van der Waals surface area contributed by atoms with E-state index in [1.807, 2.05) is 28.9 Å². The van der Waals surface area contributed by atoms with E-state index in [-0.39, 0.29) is 17.7 Å². The highest BCUT2D eigenvalue weighted by atomic mass is 79.9. The zero-order valence-corrected chi connectivity index (χ0v) is 11.0. The minimum Gasteiger partial charge on any atom is -0.306 e. The maximum absolute atomic E-state index is 11.8. The lowest BCUT2D eigenvalue weighted by molar-refractivity contribution is -0.134. The average Bonchev–Trinajstić information content (AvgIpc) is 2.74. The molecule has 1 aliphatic rings. The molecule has 1 saturated heterocycles. The number of nitrogens with one attached hydrogen (secondary N) is 1. The maximum Gasteiger partial charge on any atom is 0.235 e. The third-order valence-corrected chi connectivity index (χ3v) is 3.67. The second-order valence-corrected chi connectivity index (χ2v) is 5.11. The van der Waals surface area contributed by atoms with E-state index < -0.39 is 0 Å². The molecule has 1 aliphatic heterocycles. The number of imide groups is 1. The second kappa shape index (κ2) is 4.20. The van der Waals surface area contributed by atoms with Gasteiger partial charge in [-0.05, 0) is 34.5 Å². The van der Waals surface area contributed by atoms with Crippen LogP contribution in [0.3, 0.4) is 0 Å². The van der Waals surface area contributed by atoms with E-state index in [4.69, 9.17) is 0 Å². The highest BCUT2D eigenvalue weighted by Gasteiger charge is 2.29. The van der Waals surface area contributed by atoms with E-state index in [1.54, 1.807) is 0 Å². The molecule has 2 amide bonds.